The van der Waals surface area contributed by atoms with Gasteiger partial charge in [-0.15, -0.1) is 0 Å². The highest BCUT2D eigenvalue weighted by atomic mass is 79.9. The van der Waals surface area contributed by atoms with Crippen molar-refractivity contribution in [2.75, 3.05) is 7.11 Å². The number of carbonyl (C=O) groups excluding carboxylic acids is 2. The molecule has 0 atom stereocenters. The zero-order valence-corrected chi connectivity index (χ0v) is 17.3. The number of carbonyl (C=O) groups is 2. The predicted molar refractivity (Wildman–Crippen MR) is 111 cm³/mol. The maximum absolute atomic E-state index is 12.3. The second-order valence-corrected chi connectivity index (χ2v) is 7.80. The molecule has 0 radical (unpaired) electrons. The van der Waals surface area contributed by atoms with Crippen LogP contribution in [0.4, 0.5) is 0 Å². The van der Waals surface area contributed by atoms with Gasteiger partial charge in [-0.2, -0.15) is 4.99 Å². The maximum Gasteiger partial charge on any atom is 0.325 e. The van der Waals surface area contributed by atoms with E-state index < -0.39 is 11.9 Å². The Hall–Kier alpha value is -2.22. The zero-order valence-electron chi connectivity index (χ0n) is 14.2. The number of hydrogen-bond acceptors (Lipinski definition) is 4. The topological polar surface area (TPSA) is 60.7 Å². The normalized spacial score (nSPS) is 12.0. The monoisotopic (exact) mass is 464 g/mol. The molecule has 0 bridgehead atoms. The van der Waals surface area contributed by atoms with E-state index in [0.29, 0.717) is 9.82 Å². The lowest BCUT2D eigenvalue weighted by Crippen LogP contribution is -2.22. The van der Waals surface area contributed by atoms with Gasteiger partial charge < -0.3 is 9.30 Å². The summed E-state index contributed by atoms with van der Waals surface area (Å²) in [6.45, 7) is -0.0293. The van der Waals surface area contributed by atoms with Gasteiger partial charge in [0.05, 0.1) is 17.3 Å². The van der Waals surface area contributed by atoms with Crippen molar-refractivity contribution in [3.05, 3.63) is 68.4 Å². The Morgan fingerprint density at radius 3 is 2.81 bits per heavy atom. The smallest absolute Gasteiger partial charge is 0.325 e. The number of amides is 1. The number of methoxy groups -OCH3 is 1. The van der Waals surface area contributed by atoms with Gasteiger partial charge in [0, 0.05) is 15.6 Å². The van der Waals surface area contributed by atoms with Crippen LogP contribution in [0.1, 0.15) is 5.56 Å². The third kappa shape index (κ3) is 4.74. The Labute approximate surface area is 172 Å². The largest absolute Gasteiger partial charge is 0.468 e. The van der Waals surface area contributed by atoms with Crippen molar-refractivity contribution in [3.8, 4) is 0 Å². The molecule has 0 aliphatic rings. The van der Waals surface area contributed by atoms with E-state index in [9.17, 15) is 9.59 Å². The van der Waals surface area contributed by atoms with E-state index in [1.54, 1.807) is 22.8 Å². The molecule has 0 saturated carbocycles. The Morgan fingerprint density at radius 2 is 2.07 bits per heavy atom. The number of esters is 1. The standard InChI is InChI=1S/C19H14BrClN2O3S/c1-26-18(25)11-23-15-8-7-13(20)10-16(15)27-19(23)22-17(24)9-6-12-4-2-3-5-14(12)21/h2-10H,11H2,1H3/b9-6+,22-19?. The van der Waals surface area contributed by atoms with Gasteiger partial charge in [0.1, 0.15) is 6.54 Å². The lowest BCUT2D eigenvalue weighted by atomic mass is 10.2. The number of aromatic nitrogens is 1. The minimum Gasteiger partial charge on any atom is -0.468 e. The number of halogens is 2. The Kier molecular flexibility index (Phi) is 6.26. The third-order valence-electron chi connectivity index (χ3n) is 3.68. The fourth-order valence-electron chi connectivity index (χ4n) is 2.38. The van der Waals surface area contributed by atoms with Crippen molar-refractivity contribution in [1.29, 1.82) is 0 Å². The van der Waals surface area contributed by atoms with E-state index in [4.69, 9.17) is 16.3 Å². The number of ether oxygens (including phenoxy) is 1. The molecule has 138 valence electrons. The Morgan fingerprint density at radius 1 is 1.30 bits per heavy atom. The van der Waals surface area contributed by atoms with Crippen molar-refractivity contribution in [1.82, 2.24) is 4.57 Å². The minimum atomic E-state index is -0.445. The molecule has 5 nitrogen and oxygen atoms in total. The average Bonchev–Trinajstić information content (AvgIpc) is 2.97. The van der Waals surface area contributed by atoms with Crippen LogP contribution in [0.3, 0.4) is 0 Å². The molecule has 27 heavy (non-hydrogen) atoms. The van der Waals surface area contributed by atoms with Crippen LogP contribution >= 0.6 is 38.9 Å². The first-order valence-electron chi connectivity index (χ1n) is 7.85. The van der Waals surface area contributed by atoms with Crippen molar-refractivity contribution >= 4 is 67.0 Å². The van der Waals surface area contributed by atoms with Gasteiger partial charge in [0.2, 0.25) is 0 Å². The average molecular weight is 466 g/mol. The predicted octanol–water partition coefficient (Wildman–Crippen LogP) is 4.43. The van der Waals surface area contributed by atoms with Crippen LogP contribution in [0.5, 0.6) is 0 Å². The summed E-state index contributed by atoms with van der Waals surface area (Å²) in [5.41, 5.74) is 1.53. The van der Waals surface area contributed by atoms with E-state index in [1.165, 1.54) is 24.5 Å². The molecular formula is C19H14BrClN2O3S. The number of hydrogen-bond donors (Lipinski definition) is 0. The number of benzene rings is 2. The summed E-state index contributed by atoms with van der Waals surface area (Å²) < 4.78 is 8.22. The van der Waals surface area contributed by atoms with E-state index in [1.807, 2.05) is 30.3 Å². The van der Waals surface area contributed by atoms with Crippen LogP contribution in [0.25, 0.3) is 16.3 Å². The van der Waals surface area contributed by atoms with Crippen molar-refractivity contribution in [2.45, 2.75) is 6.54 Å². The summed E-state index contributed by atoms with van der Waals surface area (Å²) in [5.74, 6) is -0.864. The van der Waals surface area contributed by atoms with Crippen LogP contribution in [0, 0.1) is 0 Å². The number of rotatable bonds is 4. The summed E-state index contributed by atoms with van der Waals surface area (Å²) in [4.78, 5) is 28.7. The SMILES string of the molecule is COC(=O)Cn1c(=NC(=O)/C=C/c2ccccc2Cl)sc2cc(Br)ccc21. The lowest BCUT2D eigenvalue weighted by molar-refractivity contribution is -0.141. The molecule has 1 heterocycles. The van der Waals surface area contributed by atoms with Crippen LogP contribution in [-0.4, -0.2) is 23.6 Å². The summed E-state index contributed by atoms with van der Waals surface area (Å²) >= 11 is 10.8. The van der Waals surface area contributed by atoms with E-state index >= 15 is 0 Å². The maximum atomic E-state index is 12.3. The highest BCUT2D eigenvalue weighted by Crippen LogP contribution is 2.22. The molecule has 1 aromatic heterocycles. The third-order valence-corrected chi connectivity index (χ3v) is 5.55. The second-order valence-electron chi connectivity index (χ2n) is 5.46. The molecular weight excluding hydrogens is 452 g/mol. The summed E-state index contributed by atoms with van der Waals surface area (Å²) in [7, 11) is 1.32. The molecule has 0 spiro atoms. The quantitative estimate of drug-likeness (QED) is 0.423. The van der Waals surface area contributed by atoms with Crippen LogP contribution < -0.4 is 4.80 Å². The van der Waals surface area contributed by atoms with Gasteiger partial charge in [-0.25, -0.2) is 0 Å². The molecule has 1 amide bonds. The van der Waals surface area contributed by atoms with Gasteiger partial charge in [-0.05, 0) is 35.9 Å². The molecule has 2 aromatic carbocycles. The second kappa shape index (κ2) is 8.65. The zero-order chi connectivity index (χ0) is 19.4. The summed E-state index contributed by atoms with van der Waals surface area (Å²) in [6.07, 6.45) is 2.97. The number of nitrogens with zero attached hydrogens (tertiary/aromatic N) is 2. The highest BCUT2D eigenvalue weighted by molar-refractivity contribution is 9.10. The van der Waals surface area contributed by atoms with Gasteiger partial charge in [-0.3, -0.25) is 9.59 Å². The van der Waals surface area contributed by atoms with Gasteiger partial charge >= 0.3 is 5.97 Å². The van der Waals surface area contributed by atoms with Crippen LogP contribution in [-0.2, 0) is 20.9 Å². The first-order valence-corrected chi connectivity index (χ1v) is 9.83. The molecule has 0 N–H and O–H groups in total. The molecule has 0 aliphatic carbocycles. The minimum absolute atomic E-state index is 0.0293. The Balaban J connectivity index is 2.01. The first-order chi connectivity index (χ1) is 13.0. The van der Waals surface area contributed by atoms with Gasteiger partial charge in [0.15, 0.2) is 4.80 Å². The molecule has 0 fully saturated rings. The molecule has 3 aromatic rings. The molecule has 0 aliphatic heterocycles. The number of thiazole rings is 1. The number of fused-ring (bicyclic) bond motifs is 1. The molecule has 8 heteroatoms. The van der Waals surface area contributed by atoms with Crippen LogP contribution in [0.15, 0.2) is 58.0 Å². The Bertz CT molecular complexity index is 1120. The highest BCUT2D eigenvalue weighted by Gasteiger charge is 2.11. The van der Waals surface area contributed by atoms with Crippen molar-refractivity contribution in [3.63, 3.8) is 0 Å². The fourth-order valence-corrected chi connectivity index (χ4v) is 4.17. The summed E-state index contributed by atoms with van der Waals surface area (Å²) in [5, 5.41) is 0.550. The molecule has 3 rings (SSSR count). The molecule has 0 saturated heterocycles. The summed E-state index contributed by atoms with van der Waals surface area (Å²) in [6, 6.07) is 12.8. The van der Waals surface area contributed by atoms with Gasteiger partial charge in [0.25, 0.3) is 5.91 Å². The fraction of sp³-hybridized carbons (Fsp3) is 0.105. The van der Waals surface area contributed by atoms with E-state index in [0.717, 1.165) is 20.3 Å². The van der Waals surface area contributed by atoms with Crippen molar-refractivity contribution in [2.24, 2.45) is 4.99 Å². The lowest BCUT2D eigenvalue weighted by Gasteiger charge is -2.03. The van der Waals surface area contributed by atoms with E-state index in [-0.39, 0.29) is 6.54 Å². The van der Waals surface area contributed by atoms with Crippen LogP contribution in [0.2, 0.25) is 5.02 Å². The van der Waals surface area contributed by atoms with E-state index in [2.05, 4.69) is 20.9 Å². The van der Waals surface area contributed by atoms with Gasteiger partial charge in [-0.1, -0.05) is 57.1 Å². The van der Waals surface area contributed by atoms with Crippen molar-refractivity contribution < 1.29 is 14.3 Å². The molecule has 0 unspecified atom stereocenters. The first kappa shape index (κ1) is 19.5.